The predicted molar refractivity (Wildman–Crippen MR) is 53.3 cm³/mol. The molecule has 2 rings (SSSR count). The molecule has 15 heavy (non-hydrogen) atoms. The summed E-state index contributed by atoms with van der Waals surface area (Å²) in [6.07, 6.45) is 1.61. The van der Waals surface area contributed by atoms with E-state index in [-0.39, 0.29) is 5.56 Å². The van der Waals surface area contributed by atoms with Gasteiger partial charge >= 0.3 is 0 Å². The van der Waals surface area contributed by atoms with Crippen molar-refractivity contribution in [1.82, 2.24) is 9.78 Å². The molecular weight excluding hydrogens is 193 g/mol. The summed E-state index contributed by atoms with van der Waals surface area (Å²) in [5, 5.41) is 12.9. The number of hydrogen-bond acceptors (Lipinski definition) is 2. The van der Waals surface area contributed by atoms with E-state index in [1.807, 2.05) is 6.07 Å². The Morgan fingerprint density at radius 2 is 2.20 bits per heavy atom. The van der Waals surface area contributed by atoms with Crippen molar-refractivity contribution in [3.8, 4) is 17.3 Å². The number of aryl methyl sites for hydroxylation is 1. The third-order valence-electron chi connectivity index (χ3n) is 2.22. The highest BCUT2D eigenvalue weighted by atomic mass is 19.1. The van der Waals surface area contributed by atoms with Gasteiger partial charge in [0.2, 0.25) is 0 Å². The molecule has 2 aromatic rings. The fourth-order valence-electron chi connectivity index (χ4n) is 1.49. The zero-order valence-corrected chi connectivity index (χ0v) is 8.11. The Morgan fingerprint density at radius 3 is 2.80 bits per heavy atom. The summed E-state index contributed by atoms with van der Waals surface area (Å²) in [4.78, 5) is 0. The van der Waals surface area contributed by atoms with Crippen molar-refractivity contribution < 1.29 is 4.39 Å². The van der Waals surface area contributed by atoms with Crippen molar-refractivity contribution in [3.05, 3.63) is 41.8 Å². The highest BCUT2D eigenvalue weighted by molar-refractivity contribution is 5.67. The molecule has 74 valence electrons. The zero-order chi connectivity index (χ0) is 10.8. The van der Waals surface area contributed by atoms with E-state index in [1.165, 1.54) is 6.07 Å². The first kappa shape index (κ1) is 9.41. The molecule has 0 aliphatic carbocycles. The SMILES string of the molecule is Cn1nccc1-c1cccc(F)c1C#N. The van der Waals surface area contributed by atoms with E-state index in [1.54, 1.807) is 36.1 Å². The van der Waals surface area contributed by atoms with Crippen molar-refractivity contribution in [3.63, 3.8) is 0 Å². The van der Waals surface area contributed by atoms with Crippen LogP contribution < -0.4 is 0 Å². The maximum absolute atomic E-state index is 13.3. The molecule has 0 spiro atoms. The van der Waals surface area contributed by atoms with E-state index in [4.69, 9.17) is 5.26 Å². The zero-order valence-electron chi connectivity index (χ0n) is 8.11. The first-order chi connectivity index (χ1) is 7.24. The van der Waals surface area contributed by atoms with Gasteiger partial charge in [-0.05, 0) is 12.1 Å². The minimum absolute atomic E-state index is 0.0566. The lowest BCUT2D eigenvalue weighted by Crippen LogP contribution is -1.96. The van der Waals surface area contributed by atoms with Gasteiger partial charge in [0, 0.05) is 18.8 Å². The number of benzene rings is 1. The Balaban J connectivity index is 2.70. The van der Waals surface area contributed by atoms with Gasteiger partial charge in [-0.25, -0.2) is 4.39 Å². The third-order valence-corrected chi connectivity index (χ3v) is 2.22. The summed E-state index contributed by atoms with van der Waals surface area (Å²) in [6, 6.07) is 8.17. The molecule has 0 fully saturated rings. The Hall–Kier alpha value is -2.15. The van der Waals surface area contributed by atoms with Crippen LogP contribution in [0.2, 0.25) is 0 Å². The summed E-state index contributed by atoms with van der Waals surface area (Å²) in [6.45, 7) is 0. The molecule has 1 heterocycles. The van der Waals surface area contributed by atoms with Crippen LogP contribution in [0.1, 0.15) is 5.56 Å². The smallest absolute Gasteiger partial charge is 0.141 e. The van der Waals surface area contributed by atoms with Gasteiger partial charge < -0.3 is 0 Å². The standard InChI is InChI=1S/C11H8FN3/c1-15-11(5-6-14-15)8-3-2-4-10(12)9(8)7-13/h2-6H,1H3. The highest BCUT2D eigenvalue weighted by Gasteiger charge is 2.11. The summed E-state index contributed by atoms with van der Waals surface area (Å²) < 4.78 is 14.9. The lowest BCUT2D eigenvalue weighted by molar-refractivity contribution is 0.624. The van der Waals surface area contributed by atoms with Gasteiger partial charge in [-0.1, -0.05) is 12.1 Å². The summed E-state index contributed by atoms with van der Waals surface area (Å²) in [5.41, 5.74) is 1.35. The van der Waals surface area contributed by atoms with E-state index in [2.05, 4.69) is 5.10 Å². The number of halogens is 1. The van der Waals surface area contributed by atoms with E-state index >= 15 is 0 Å². The summed E-state index contributed by atoms with van der Waals surface area (Å²) in [5.74, 6) is -0.504. The number of nitrogens with zero attached hydrogens (tertiary/aromatic N) is 3. The van der Waals surface area contributed by atoms with Gasteiger partial charge in [0.1, 0.15) is 11.9 Å². The Kier molecular flexibility index (Phi) is 2.22. The van der Waals surface area contributed by atoms with Gasteiger partial charge in [-0.15, -0.1) is 0 Å². The summed E-state index contributed by atoms with van der Waals surface area (Å²) in [7, 11) is 1.75. The van der Waals surface area contributed by atoms with Crippen molar-refractivity contribution >= 4 is 0 Å². The monoisotopic (exact) mass is 201 g/mol. The van der Waals surface area contributed by atoms with Gasteiger partial charge in [-0.3, -0.25) is 4.68 Å². The Labute approximate surface area is 86.4 Å². The first-order valence-electron chi connectivity index (χ1n) is 4.41. The molecular formula is C11H8FN3. The molecule has 1 aromatic carbocycles. The van der Waals surface area contributed by atoms with Crippen LogP contribution in [0.5, 0.6) is 0 Å². The molecule has 1 aromatic heterocycles. The molecule has 0 unspecified atom stereocenters. The lowest BCUT2D eigenvalue weighted by Gasteiger charge is -2.04. The average Bonchev–Trinajstić information content (AvgIpc) is 2.64. The topological polar surface area (TPSA) is 41.6 Å². The van der Waals surface area contributed by atoms with Crippen LogP contribution in [0.3, 0.4) is 0 Å². The fourth-order valence-corrected chi connectivity index (χ4v) is 1.49. The molecule has 0 aliphatic heterocycles. The molecule has 0 amide bonds. The van der Waals surface area contributed by atoms with Crippen LogP contribution >= 0.6 is 0 Å². The van der Waals surface area contributed by atoms with Gasteiger partial charge in [-0.2, -0.15) is 10.4 Å². The van der Waals surface area contributed by atoms with Crippen LogP contribution in [0, 0.1) is 17.1 Å². The average molecular weight is 201 g/mol. The molecule has 0 atom stereocenters. The fraction of sp³-hybridized carbons (Fsp3) is 0.0909. The Morgan fingerprint density at radius 1 is 1.40 bits per heavy atom. The van der Waals surface area contributed by atoms with Crippen molar-refractivity contribution in [2.24, 2.45) is 7.05 Å². The number of rotatable bonds is 1. The molecule has 0 saturated heterocycles. The minimum atomic E-state index is -0.504. The second-order valence-electron chi connectivity index (χ2n) is 3.11. The van der Waals surface area contributed by atoms with Gasteiger partial charge in [0.15, 0.2) is 0 Å². The maximum Gasteiger partial charge on any atom is 0.141 e. The Bertz CT molecular complexity index is 537. The van der Waals surface area contributed by atoms with E-state index < -0.39 is 5.82 Å². The molecule has 0 bridgehead atoms. The summed E-state index contributed by atoms with van der Waals surface area (Å²) >= 11 is 0. The molecule has 0 saturated carbocycles. The molecule has 3 nitrogen and oxygen atoms in total. The number of aromatic nitrogens is 2. The van der Waals surface area contributed by atoms with Gasteiger partial charge in [0.25, 0.3) is 0 Å². The van der Waals surface area contributed by atoms with Crippen LogP contribution in [-0.2, 0) is 7.05 Å². The van der Waals surface area contributed by atoms with E-state index in [9.17, 15) is 4.39 Å². The normalized spacial score (nSPS) is 9.93. The first-order valence-corrected chi connectivity index (χ1v) is 4.41. The second kappa shape index (κ2) is 3.54. The highest BCUT2D eigenvalue weighted by Crippen LogP contribution is 2.24. The largest absolute Gasteiger partial charge is 0.268 e. The van der Waals surface area contributed by atoms with Crippen LogP contribution in [-0.4, -0.2) is 9.78 Å². The van der Waals surface area contributed by atoms with Gasteiger partial charge in [0.05, 0.1) is 11.3 Å². The minimum Gasteiger partial charge on any atom is -0.268 e. The van der Waals surface area contributed by atoms with Crippen LogP contribution in [0.25, 0.3) is 11.3 Å². The quantitative estimate of drug-likeness (QED) is 0.709. The van der Waals surface area contributed by atoms with Crippen molar-refractivity contribution in [2.75, 3.05) is 0 Å². The molecule has 0 N–H and O–H groups in total. The second-order valence-corrected chi connectivity index (χ2v) is 3.11. The molecule has 0 aliphatic rings. The lowest BCUT2D eigenvalue weighted by atomic mass is 10.1. The van der Waals surface area contributed by atoms with E-state index in [0.29, 0.717) is 5.56 Å². The van der Waals surface area contributed by atoms with Crippen LogP contribution in [0.15, 0.2) is 30.5 Å². The predicted octanol–water partition coefficient (Wildman–Crippen LogP) is 2.10. The molecule has 4 heteroatoms. The van der Waals surface area contributed by atoms with Crippen molar-refractivity contribution in [2.45, 2.75) is 0 Å². The van der Waals surface area contributed by atoms with Crippen molar-refractivity contribution in [1.29, 1.82) is 5.26 Å². The number of nitriles is 1. The number of hydrogen-bond donors (Lipinski definition) is 0. The van der Waals surface area contributed by atoms with Crippen LogP contribution in [0.4, 0.5) is 4.39 Å². The molecule has 0 radical (unpaired) electrons. The third kappa shape index (κ3) is 1.48. The van der Waals surface area contributed by atoms with E-state index in [0.717, 1.165) is 5.69 Å². The maximum atomic E-state index is 13.3.